The molecule has 1 aromatic carbocycles. The maximum absolute atomic E-state index is 12.6. The molecule has 3 heterocycles. The molecule has 0 radical (unpaired) electrons. The van der Waals surface area contributed by atoms with E-state index < -0.39 is 10.0 Å². The Labute approximate surface area is 181 Å². The number of nitrogens with one attached hydrogen (secondary N) is 1. The minimum Gasteiger partial charge on any atom is -0.378 e. The van der Waals surface area contributed by atoms with Crippen LogP contribution in [0.25, 0.3) is 0 Å². The summed E-state index contributed by atoms with van der Waals surface area (Å²) in [7, 11) is -3.43. The Morgan fingerprint density at radius 3 is 2.40 bits per heavy atom. The third kappa shape index (κ3) is 4.85. The number of carbonyl (C=O) groups excluding carboxylic acids is 1. The molecule has 1 amide bonds. The highest BCUT2D eigenvalue weighted by atomic mass is 32.2. The molecule has 0 saturated carbocycles. The van der Waals surface area contributed by atoms with E-state index >= 15 is 0 Å². The van der Waals surface area contributed by atoms with Crippen LogP contribution >= 0.6 is 11.3 Å². The van der Waals surface area contributed by atoms with Crippen molar-refractivity contribution in [3.8, 4) is 0 Å². The first kappa shape index (κ1) is 21.3. The summed E-state index contributed by atoms with van der Waals surface area (Å²) in [6, 6.07) is 11.6. The molecule has 1 N–H and O–H groups in total. The summed E-state index contributed by atoms with van der Waals surface area (Å²) in [5.41, 5.74) is 2.23. The van der Waals surface area contributed by atoms with E-state index in [9.17, 15) is 13.2 Å². The molecule has 2 aliphatic rings. The zero-order chi connectivity index (χ0) is 21.0. The molecule has 162 valence electrons. The van der Waals surface area contributed by atoms with Crippen LogP contribution in [0.4, 0.5) is 5.69 Å². The van der Waals surface area contributed by atoms with Gasteiger partial charge in [0.15, 0.2) is 0 Å². The number of morpholine rings is 1. The molecule has 2 saturated heterocycles. The quantitative estimate of drug-likeness (QED) is 0.732. The molecular formula is C21H27N3O4S2. The topological polar surface area (TPSA) is 79.0 Å². The number of piperidine rings is 1. The van der Waals surface area contributed by atoms with E-state index in [0.29, 0.717) is 36.7 Å². The highest BCUT2D eigenvalue weighted by molar-refractivity contribution is 7.91. The van der Waals surface area contributed by atoms with E-state index in [-0.39, 0.29) is 11.8 Å². The predicted molar refractivity (Wildman–Crippen MR) is 117 cm³/mol. The second-order valence-electron chi connectivity index (χ2n) is 7.59. The molecule has 2 aromatic rings. The minimum atomic E-state index is -3.43. The van der Waals surface area contributed by atoms with E-state index in [1.165, 1.54) is 21.3 Å². The lowest BCUT2D eigenvalue weighted by Crippen LogP contribution is -2.42. The molecule has 7 nitrogen and oxygen atoms in total. The van der Waals surface area contributed by atoms with Crippen molar-refractivity contribution in [3.63, 3.8) is 0 Å². The number of anilines is 1. The molecule has 9 heteroatoms. The lowest BCUT2D eigenvalue weighted by atomic mass is 9.97. The molecule has 0 spiro atoms. The maximum Gasteiger partial charge on any atom is 0.252 e. The predicted octanol–water partition coefficient (Wildman–Crippen LogP) is 2.30. The van der Waals surface area contributed by atoms with Crippen molar-refractivity contribution in [1.82, 2.24) is 9.62 Å². The van der Waals surface area contributed by atoms with Crippen molar-refractivity contribution in [3.05, 3.63) is 47.3 Å². The number of hydrogen-bond donors (Lipinski definition) is 1. The van der Waals surface area contributed by atoms with Gasteiger partial charge in [-0.1, -0.05) is 18.2 Å². The SMILES string of the molecule is O=C(NCc1ccc(N2CCOCC2)cc1)C1CCN(S(=O)(=O)c2cccs2)CC1. The third-order valence-electron chi connectivity index (χ3n) is 5.69. The molecule has 0 unspecified atom stereocenters. The van der Waals surface area contributed by atoms with Gasteiger partial charge in [-0.2, -0.15) is 4.31 Å². The highest BCUT2D eigenvalue weighted by Crippen LogP contribution is 2.26. The van der Waals surface area contributed by atoms with Gasteiger partial charge in [-0.3, -0.25) is 4.79 Å². The fraction of sp³-hybridized carbons (Fsp3) is 0.476. The van der Waals surface area contributed by atoms with Crippen LogP contribution in [-0.2, 0) is 26.1 Å². The monoisotopic (exact) mass is 449 g/mol. The van der Waals surface area contributed by atoms with Crippen LogP contribution < -0.4 is 10.2 Å². The number of nitrogens with zero attached hydrogens (tertiary/aromatic N) is 2. The summed E-state index contributed by atoms with van der Waals surface area (Å²) in [5, 5.41) is 4.77. The number of amides is 1. The van der Waals surface area contributed by atoms with E-state index in [1.807, 2.05) is 12.1 Å². The average Bonchev–Trinajstić information content (AvgIpc) is 3.34. The Balaban J connectivity index is 1.25. The van der Waals surface area contributed by atoms with Crippen molar-refractivity contribution in [1.29, 1.82) is 0 Å². The van der Waals surface area contributed by atoms with Crippen molar-refractivity contribution >= 4 is 33.0 Å². The first-order valence-corrected chi connectivity index (χ1v) is 12.6. The molecular weight excluding hydrogens is 422 g/mol. The van der Waals surface area contributed by atoms with Crippen LogP contribution in [0.1, 0.15) is 18.4 Å². The summed E-state index contributed by atoms with van der Waals surface area (Å²) >= 11 is 1.23. The number of ether oxygens (including phenoxy) is 1. The summed E-state index contributed by atoms with van der Waals surface area (Å²) in [4.78, 5) is 14.9. The molecule has 2 aliphatic heterocycles. The fourth-order valence-electron chi connectivity index (χ4n) is 3.88. The average molecular weight is 450 g/mol. The van der Waals surface area contributed by atoms with Gasteiger partial charge in [0.1, 0.15) is 4.21 Å². The van der Waals surface area contributed by atoms with Crippen LogP contribution in [0.2, 0.25) is 0 Å². The number of benzene rings is 1. The fourth-order valence-corrected chi connectivity index (χ4v) is 6.49. The van der Waals surface area contributed by atoms with Crippen LogP contribution in [0.3, 0.4) is 0 Å². The van der Waals surface area contributed by atoms with Crippen molar-refractivity contribution in [2.75, 3.05) is 44.3 Å². The number of carbonyl (C=O) groups is 1. The zero-order valence-corrected chi connectivity index (χ0v) is 18.5. The summed E-state index contributed by atoms with van der Waals surface area (Å²) in [5.74, 6) is -0.146. The Morgan fingerprint density at radius 1 is 1.07 bits per heavy atom. The highest BCUT2D eigenvalue weighted by Gasteiger charge is 2.32. The Kier molecular flexibility index (Phi) is 6.72. The summed E-state index contributed by atoms with van der Waals surface area (Å²) < 4.78 is 32.5. The number of hydrogen-bond acceptors (Lipinski definition) is 6. The molecule has 30 heavy (non-hydrogen) atoms. The first-order chi connectivity index (χ1) is 14.5. The minimum absolute atomic E-state index is 0.000396. The molecule has 0 bridgehead atoms. The van der Waals surface area contributed by atoms with E-state index in [2.05, 4.69) is 22.3 Å². The van der Waals surface area contributed by atoms with Gasteiger partial charge in [0.2, 0.25) is 5.91 Å². The van der Waals surface area contributed by atoms with Gasteiger partial charge in [0, 0.05) is 44.3 Å². The van der Waals surface area contributed by atoms with Gasteiger partial charge in [-0.05, 0) is 42.0 Å². The van der Waals surface area contributed by atoms with Gasteiger partial charge in [0.25, 0.3) is 10.0 Å². The third-order valence-corrected chi connectivity index (χ3v) is 8.96. The van der Waals surface area contributed by atoms with Crippen molar-refractivity contribution in [2.24, 2.45) is 5.92 Å². The molecule has 1 aromatic heterocycles. The summed E-state index contributed by atoms with van der Waals surface area (Å²) in [6.45, 7) is 4.56. The number of sulfonamides is 1. The normalized spacial score (nSPS) is 19.0. The van der Waals surface area contributed by atoms with E-state index in [1.54, 1.807) is 17.5 Å². The van der Waals surface area contributed by atoms with Crippen molar-refractivity contribution in [2.45, 2.75) is 23.6 Å². The van der Waals surface area contributed by atoms with Crippen LogP contribution in [0.15, 0.2) is 46.0 Å². The Hall–Kier alpha value is -1.94. The van der Waals surface area contributed by atoms with E-state index in [4.69, 9.17) is 4.74 Å². The van der Waals surface area contributed by atoms with Crippen LogP contribution in [0, 0.1) is 5.92 Å². The molecule has 4 rings (SSSR count). The van der Waals surface area contributed by atoms with Crippen molar-refractivity contribution < 1.29 is 17.9 Å². The maximum atomic E-state index is 12.6. The Morgan fingerprint density at radius 2 is 1.77 bits per heavy atom. The largest absolute Gasteiger partial charge is 0.378 e. The number of thiophene rings is 1. The standard InChI is InChI=1S/C21H27N3O4S2/c25-21(18-7-9-24(10-8-18)30(26,27)20-2-1-15-29-20)22-16-17-3-5-19(6-4-17)23-11-13-28-14-12-23/h1-6,15,18H,7-14,16H2,(H,22,25). The number of rotatable bonds is 6. The second-order valence-corrected chi connectivity index (χ2v) is 10.7. The molecule has 0 aliphatic carbocycles. The van der Waals surface area contributed by atoms with Gasteiger partial charge in [-0.25, -0.2) is 8.42 Å². The van der Waals surface area contributed by atoms with Gasteiger partial charge in [-0.15, -0.1) is 11.3 Å². The van der Waals surface area contributed by atoms with Crippen LogP contribution in [0.5, 0.6) is 0 Å². The second kappa shape index (κ2) is 9.47. The van der Waals surface area contributed by atoms with Gasteiger partial charge in [0.05, 0.1) is 13.2 Å². The summed E-state index contributed by atoms with van der Waals surface area (Å²) in [6.07, 6.45) is 1.10. The zero-order valence-electron chi connectivity index (χ0n) is 16.8. The molecule has 2 fully saturated rings. The van der Waals surface area contributed by atoms with E-state index in [0.717, 1.165) is 31.9 Å². The first-order valence-electron chi connectivity index (χ1n) is 10.3. The van der Waals surface area contributed by atoms with Crippen LogP contribution in [-0.4, -0.2) is 58.0 Å². The Bertz CT molecular complexity index is 931. The van der Waals surface area contributed by atoms with Gasteiger partial charge < -0.3 is 15.0 Å². The van der Waals surface area contributed by atoms with Gasteiger partial charge >= 0.3 is 0 Å². The smallest absolute Gasteiger partial charge is 0.252 e. The molecule has 0 atom stereocenters. The lowest BCUT2D eigenvalue weighted by Gasteiger charge is -2.30. The lowest BCUT2D eigenvalue weighted by molar-refractivity contribution is -0.126.